The molecule has 184 valence electrons. The van der Waals surface area contributed by atoms with Crippen molar-refractivity contribution in [2.75, 3.05) is 52.9 Å². The summed E-state index contributed by atoms with van der Waals surface area (Å²) in [5.74, 6) is 1.63. The van der Waals surface area contributed by atoms with Gasteiger partial charge in [0.25, 0.3) is 5.91 Å². The van der Waals surface area contributed by atoms with Gasteiger partial charge < -0.3 is 19.5 Å². The topological polar surface area (TPSA) is 64.7 Å². The van der Waals surface area contributed by atoms with E-state index in [2.05, 4.69) is 26.8 Å². The van der Waals surface area contributed by atoms with E-state index in [4.69, 9.17) is 16.3 Å². The second kappa shape index (κ2) is 9.45. The molecule has 2 aromatic heterocycles. The molecule has 0 spiro atoms. The number of aromatic nitrogens is 2. The quantitative estimate of drug-likeness (QED) is 0.600. The number of hydrogen-bond acceptors (Lipinski definition) is 5. The van der Waals surface area contributed by atoms with Crippen molar-refractivity contribution in [1.29, 1.82) is 0 Å². The van der Waals surface area contributed by atoms with Crippen molar-refractivity contribution in [2.45, 2.75) is 25.4 Å². The van der Waals surface area contributed by atoms with Gasteiger partial charge in [0.05, 0.1) is 0 Å². The summed E-state index contributed by atoms with van der Waals surface area (Å²) in [6, 6.07) is 7.84. The maximum atomic E-state index is 13.4. The van der Waals surface area contributed by atoms with Crippen LogP contribution in [-0.2, 0) is 11.2 Å². The molecule has 0 bridgehead atoms. The molecular formula is C27H32ClN5O2. The van der Waals surface area contributed by atoms with E-state index in [1.807, 2.05) is 35.4 Å². The highest BCUT2D eigenvalue weighted by Gasteiger charge is 2.36. The van der Waals surface area contributed by atoms with E-state index >= 15 is 0 Å². The van der Waals surface area contributed by atoms with Crippen molar-refractivity contribution in [3.05, 3.63) is 47.2 Å². The van der Waals surface area contributed by atoms with Crippen molar-refractivity contribution in [1.82, 2.24) is 24.7 Å². The molecule has 5 heterocycles. The average molecular weight is 494 g/mol. The highest BCUT2D eigenvalue weighted by atomic mass is 35.5. The van der Waals surface area contributed by atoms with Crippen molar-refractivity contribution in [2.24, 2.45) is 5.92 Å². The number of fused-ring (bicyclic) bond motifs is 2. The number of piperazine rings is 1. The molecule has 1 amide bonds. The van der Waals surface area contributed by atoms with Gasteiger partial charge in [0.1, 0.15) is 11.4 Å². The second-order valence-corrected chi connectivity index (χ2v) is 10.7. The third-order valence-corrected chi connectivity index (χ3v) is 8.08. The van der Waals surface area contributed by atoms with Gasteiger partial charge in [-0.2, -0.15) is 0 Å². The SMILES string of the molecule is CN1CCC(CN2CCN(C(=O)[C@H]3Cc4cc(Cl)cc(-c5ccnc6[nH]ccc56)c4O3)CC2)CC1. The number of piperidine rings is 1. The molecule has 8 heteroatoms. The number of carbonyl (C=O) groups is 1. The van der Waals surface area contributed by atoms with Gasteiger partial charge in [-0.1, -0.05) is 11.6 Å². The number of nitrogens with zero attached hydrogens (tertiary/aromatic N) is 4. The number of H-pyrrole nitrogens is 1. The van der Waals surface area contributed by atoms with Gasteiger partial charge in [-0.15, -0.1) is 0 Å². The van der Waals surface area contributed by atoms with E-state index in [0.29, 0.717) is 11.4 Å². The number of ether oxygens (including phenoxy) is 1. The third-order valence-electron chi connectivity index (χ3n) is 7.86. The van der Waals surface area contributed by atoms with Crippen LogP contribution in [0.15, 0.2) is 36.7 Å². The number of carbonyl (C=O) groups excluding carboxylic acids is 1. The van der Waals surface area contributed by atoms with Crippen molar-refractivity contribution in [3.63, 3.8) is 0 Å². The van der Waals surface area contributed by atoms with Gasteiger partial charge in [0, 0.05) is 73.1 Å². The molecule has 3 aliphatic rings. The van der Waals surface area contributed by atoms with Gasteiger partial charge in [0.2, 0.25) is 0 Å². The first-order valence-electron chi connectivity index (χ1n) is 12.7. The van der Waals surface area contributed by atoms with Crippen LogP contribution >= 0.6 is 11.6 Å². The molecule has 3 aromatic rings. The summed E-state index contributed by atoms with van der Waals surface area (Å²) < 4.78 is 6.35. The van der Waals surface area contributed by atoms with Gasteiger partial charge in [0.15, 0.2) is 6.10 Å². The molecule has 0 saturated carbocycles. The Kier molecular flexibility index (Phi) is 6.16. The Morgan fingerprint density at radius 3 is 2.71 bits per heavy atom. The van der Waals surface area contributed by atoms with E-state index in [0.717, 1.165) is 72.1 Å². The lowest BCUT2D eigenvalue weighted by atomic mass is 9.96. The first-order chi connectivity index (χ1) is 17.0. The molecule has 1 aromatic carbocycles. The number of amides is 1. The zero-order valence-corrected chi connectivity index (χ0v) is 20.9. The van der Waals surface area contributed by atoms with Crippen LogP contribution in [0.3, 0.4) is 0 Å². The Balaban J connectivity index is 1.13. The Bertz CT molecular complexity index is 1230. The van der Waals surface area contributed by atoms with Gasteiger partial charge in [-0.05, 0) is 68.7 Å². The standard InChI is InChI=1S/C27H32ClN5O2/c1-31-8-4-18(5-9-31)17-32-10-12-33(13-11-32)27(34)24-15-19-14-20(28)16-23(25(19)35-24)21-2-6-29-26-22(21)3-7-30-26/h2-3,6-7,14,16,18,24H,4-5,8-13,15,17H2,1H3,(H,29,30)/t24-/m1/s1. The molecule has 6 rings (SSSR count). The number of nitrogens with one attached hydrogen (secondary N) is 1. The Labute approximate surface area is 211 Å². The van der Waals surface area contributed by atoms with Crippen molar-refractivity contribution >= 4 is 28.5 Å². The number of rotatable bonds is 4. The maximum Gasteiger partial charge on any atom is 0.264 e. The lowest BCUT2D eigenvalue weighted by molar-refractivity contribution is -0.139. The van der Waals surface area contributed by atoms with E-state index in [9.17, 15) is 4.79 Å². The number of likely N-dealkylation sites (tertiary alicyclic amines) is 1. The van der Waals surface area contributed by atoms with Crippen LogP contribution in [0.5, 0.6) is 5.75 Å². The second-order valence-electron chi connectivity index (χ2n) is 10.2. The molecule has 2 fully saturated rings. The normalized spacial score (nSPS) is 21.9. The summed E-state index contributed by atoms with van der Waals surface area (Å²) in [5.41, 5.74) is 3.73. The Morgan fingerprint density at radius 1 is 1.11 bits per heavy atom. The zero-order valence-electron chi connectivity index (χ0n) is 20.2. The predicted molar refractivity (Wildman–Crippen MR) is 138 cm³/mol. The van der Waals surface area contributed by atoms with Crippen LogP contribution < -0.4 is 4.74 Å². The van der Waals surface area contributed by atoms with Crippen LogP contribution in [0.1, 0.15) is 18.4 Å². The molecule has 7 nitrogen and oxygen atoms in total. The largest absolute Gasteiger partial charge is 0.479 e. The summed E-state index contributed by atoms with van der Waals surface area (Å²) in [7, 11) is 2.21. The molecule has 2 saturated heterocycles. The lowest BCUT2D eigenvalue weighted by Gasteiger charge is -2.38. The summed E-state index contributed by atoms with van der Waals surface area (Å²) in [4.78, 5) is 27.9. The van der Waals surface area contributed by atoms with E-state index < -0.39 is 6.10 Å². The minimum atomic E-state index is -0.494. The molecule has 0 unspecified atom stereocenters. The summed E-state index contributed by atoms with van der Waals surface area (Å²) >= 11 is 6.50. The predicted octanol–water partition coefficient (Wildman–Crippen LogP) is 3.67. The molecule has 3 aliphatic heterocycles. The highest BCUT2D eigenvalue weighted by Crippen LogP contribution is 2.43. The number of hydrogen-bond donors (Lipinski definition) is 1. The van der Waals surface area contributed by atoms with Gasteiger partial charge in [-0.3, -0.25) is 9.69 Å². The summed E-state index contributed by atoms with van der Waals surface area (Å²) in [6.45, 7) is 6.97. The molecule has 1 N–H and O–H groups in total. The zero-order chi connectivity index (χ0) is 23.9. The fraction of sp³-hybridized carbons (Fsp3) is 0.481. The van der Waals surface area contributed by atoms with Crippen LogP contribution in [0, 0.1) is 5.92 Å². The summed E-state index contributed by atoms with van der Waals surface area (Å²) in [5, 5.41) is 1.66. The first-order valence-corrected chi connectivity index (χ1v) is 13.0. The minimum Gasteiger partial charge on any atom is -0.479 e. The molecule has 0 aliphatic carbocycles. The average Bonchev–Trinajstić information content (AvgIpc) is 3.52. The number of benzene rings is 1. The number of halogens is 1. The molecule has 35 heavy (non-hydrogen) atoms. The smallest absolute Gasteiger partial charge is 0.264 e. The van der Waals surface area contributed by atoms with Crippen LogP contribution in [0.4, 0.5) is 0 Å². The third kappa shape index (κ3) is 4.53. The monoisotopic (exact) mass is 493 g/mol. The van der Waals surface area contributed by atoms with Crippen molar-refractivity contribution < 1.29 is 9.53 Å². The Morgan fingerprint density at radius 2 is 1.91 bits per heavy atom. The molecule has 0 radical (unpaired) electrons. The van der Waals surface area contributed by atoms with Crippen LogP contribution in [0.25, 0.3) is 22.2 Å². The molecule has 1 atom stereocenters. The molecular weight excluding hydrogens is 462 g/mol. The van der Waals surface area contributed by atoms with Gasteiger partial charge in [-0.25, -0.2) is 4.98 Å². The van der Waals surface area contributed by atoms with E-state index in [1.165, 1.54) is 25.9 Å². The summed E-state index contributed by atoms with van der Waals surface area (Å²) in [6.07, 6.45) is 6.28. The highest BCUT2D eigenvalue weighted by molar-refractivity contribution is 6.31. The van der Waals surface area contributed by atoms with Gasteiger partial charge >= 0.3 is 0 Å². The van der Waals surface area contributed by atoms with Crippen LogP contribution in [-0.4, -0.2) is 89.5 Å². The fourth-order valence-electron chi connectivity index (χ4n) is 5.82. The number of pyridine rings is 1. The number of aromatic amines is 1. The fourth-order valence-corrected chi connectivity index (χ4v) is 6.06. The first kappa shape index (κ1) is 22.8. The Hall–Kier alpha value is -2.61. The van der Waals surface area contributed by atoms with Crippen molar-refractivity contribution in [3.8, 4) is 16.9 Å². The van der Waals surface area contributed by atoms with E-state index in [1.54, 1.807) is 6.20 Å². The van der Waals surface area contributed by atoms with Crippen LogP contribution in [0.2, 0.25) is 5.02 Å². The minimum absolute atomic E-state index is 0.0868. The maximum absolute atomic E-state index is 13.4. The van der Waals surface area contributed by atoms with E-state index in [-0.39, 0.29) is 5.91 Å². The lowest BCUT2D eigenvalue weighted by Crippen LogP contribution is -2.53.